The Balaban J connectivity index is 2.46. The fraction of sp³-hybridized carbons (Fsp3) is 0.467. The normalized spacial score (nSPS) is 15.0. The molecular formula is C15H21NO4. The monoisotopic (exact) mass is 279 g/mol. The summed E-state index contributed by atoms with van der Waals surface area (Å²) in [5.74, 6) is -1.11. The van der Waals surface area contributed by atoms with E-state index in [1.54, 1.807) is 6.92 Å². The lowest BCUT2D eigenvalue weighted by atomic mass is 10.0. The Morgan fingerprint density at radius 2 is 1.95 bits per heavy atom. The Morgan fingerprint density at radius 3 is 2.50 bits per heavy atom. The second kappa shape index (κ2) is 7.05. The van der Waals surface area contributed by atoms with Gasteiger partial charge in [-0.25, -0.2) is 4.79 Å². The van der Waals surface area contributed by atoms with Crippen LogP contribution in [0.15, 0.2) is 30.3 Å². The highest BCUT2D eigenvalue weighted by Crippen LogP contribution is 2.09. The molecule has 20 heavy (non-hydrogen) atoms. The van der Waals surface area contributed by atoms with Gasteiger partial charge >= 0.3 is 5.97 Å². The third-order valence-electron chi connectivity index (χ3n) is 3.10. The van der Waals surface area contributed by atoms with Crippen molar-refractivity contribution in [3.63, 3.8) is 0 Å². The summed E-state index contributed by atoms with van der Waals surface area (Å²) >= 11 is 0. The Kier molecular flexibility index (Phi) is 5.70. The zero-order valence-corrected chi connectivity index (χ0v) is 12.1. The molecule has 2 unspecified atom stereocenters. The third-order valence-corrected chi connectivity index (χ3v) is 3.10. The van der Waals surface area contributed by atoms with Crippen LogP contribution in [0.1, 0.15) is 32.8 Å². The lowest BCUT2D eigenvalue weighted by Crippen LogP contribution is -2.50. The molecule has 1 aromatic carbocycles. The molecule has 0 fully saturated rings. The van der Waals surface area contributed by atoms with E-state index in [0.29, 0.717) is 0 Å². The van der Waals surface area contributed by atoms with Gasteiger partial charge in [-0.2, -0.15) is 0 Å². The predicted molar refractivity (Wildman–Crippen MR) is 74.8 cm³/mol. The minimum atomic E-state index is -1.48. The molecule has 5 nitrogen and oxygen atoms in total. The zero-order valence-electron chi connectivity index (χ0n) is 12.1. The van der Waals surface area contributed by atoms with E-state index in [-0.39, 0.29) is 13.0 Å². The van der Waals surface area contributed by atoms with Crippen molar-refractivity contribution in [1.82, 2.24) is 5.32 Å². The molecule has 1 aromatic rings. The van der Waals surface area contributed by atoms with Crippen molar-refractivity contribution in [2.24, 2.45) is 0 Å². The van der Waals surface area contributed by atoms with Gasteiger partial charge < -0.3 is 15.2 Å². The summed E-state index contributed by atoms with van der Waals surface area (Å²) < 4.78 is 5.10. The standard InChI is InChI=1S/C15H21NO4/c1-4-15(3,19)14(18)16-11(2)13(17)20-10-12-8-6-5-7-9-12/h5-9,11,19H,4,10H2,1-3H3,(H,16,18). The quantitative estimate of drug-likeness (QED) is 0.772. The molecule has 0 spiro atoms. The van der Waals surface area contributed by atoms with Crippen LogP contribution in [0.2, 0.25) is 0 Å². The molecule has 0 aromatic heterocycles. The van der Waals surface area contributed by atoms with E-state index in [4.69, 9.17) is 4.74 Å². The minimum absolute atomic E-state index is 0.157. The van der Waals surface area contributed by atoms with Gasteiger partial charge in [0, 0.05) is 0 Å². The topological polar surface area (TPSA) is 75.6 Å². The molecule has 5 heteroatoms. The largest absolute Gasteiger partial charge is 0.459 e. The van der Waals surface area contributed by atoms with Crippen LogP contribution in [0, 0.1) is 0 Å². The van der Waals surface area contributed by atoms with E-state index in [9.17, 15) is 14.7 Å². The van der Waals surface area contributed by atoms with E-state index in [0.717, 1.165) is 5.56 Å². The summed E-state index contributed by atoms with van der Waals surface area (Å²) in [6.07, 6.45) is 0.268. The van der Waals surface area contributed by atoms with Crippen LogP contribution in [0.4, 0.5) is 0 Å². The number of aliphatic hydroxyl groups is 1. The number of hydrogen-bond acceptors (Lipinski definition) is 4. The van der Waals surface area contributed by atoms with Gasteiger partial charge in [0.05, 0.1) is 0 Å². The van der Waals surface area contributed by atoms with E-state index in [2.05, 4.69) is 5.32 Å². The van der Waals surface area contributed by atoms with Gasteiger partial charge in [-0.15, -0.1) is 0 Å². The summed E-state index contributed by atoms with van der Waals surface area (Å²) in [5.41, 5.74) is -0.603. The van der Waals surface area contributed by atoms with Crippen molar-refractivity contribution in [1.29, 1.82) is 0 Å². The highest BCUT2D eigenvalue weighted by Gasteiger charge is 2.30. The number of amides is 1. The van der Waals surface area contributed by atoms with Gasteiger partial charge in [-0.3, -0.25) is 4.79 Å². The number of hydrogen-bond donors (Lipinski definition) is 2. The fourth-order valence-electron chi connectivity index (χ4n) is 1.43. The fourth-order valence-corrected chi connectivity index (χ4v) is 1.43. The average Bonchev–Trinajstić information content (AvgIpc) is 2.45. The summed E-state index contributed by atoms with van der Waals surface area (Å²) in [6, 6.07) is 8.47. The maximum absolute atomic E-state index is 11.7. The van der Waals surface area contributed by atoms with E-state index < -0.39 is 23.5 Å². The van der Waals surface area contributed by atoms with Crippen LogP contribution in [-0.4, -0.2) is 28.6 Å². The molecule has 2 N–H and O–H groups in total. The number of carbonyl (C=O) groups excluding carboxylic acids is 2. The Labute approximate surface area is 118 Å². The van der Waals surface area contributed by atoms with Crippen LogP contribution >= 0.6 is 0 Å². The van der Waals surface area contributed by atoms with Crippen molar-refractivity contribution in [3.8, 4) is 0 Å². The number of ether oxygens (including phenoxy) is 1. The summed E-state index contributed by atoms with van der Waals surface area (Å²) in [7, 11) is 0. The molecule has 0 radical (unpaired) electrons. The number of rotatable bonds is 6. The highest BCUT2D eigenvalue weighted by atomic mass is 16.5. The second-order valence-electron chi connectivity index (χ2n) is 4.92. The summed E-state index contributed by atoms with van der Waals surface area (Å²) in [6.45, 7) is 4.78. The summed E-state index contributed by atoms with van der Waals surface area (Å²) in [4.78, 5) is 23.5. The van der Waals surface area contributed by atoms with Crippen molar-refractivity contribution >= 4 is 11.9 Å². The highest BCUT2D eigenvalue weighted by molar-refractivity contribution is 5.89. The molecule has 0 bridgehead atoms. The SMILES string of the molecule is CCC(C)(O)C(=O)NC(C)C(=O)OCc1ccccc1. The van der Waals surface area contributed by atoms with Crippen LogP contribution in [0.25, 0.3) is 0 Å². The Hall–Kier alpha value is -1.88. The van der Waals surface area contributed by atoms with Crippen LogP contribution in [0.3, 0.4) is 0 Å². The average molecular weight is 279 g/mol. The molecule has 0 saturated heterocycles. The van der Waals surface area contributed by atoms with Crippen LogP contribution < -0.4 is 5.32 Å². The van der Waals surface area contributed by atoms with Gasteiger partial charge in [0.1, 0.15) is 18.2 Å². The van der Waals surface area contributed by atoms with Crippen molar-refractivity contribution in [2.75, 3.05) is 0 Å². The van der Waals surface area contributed by atoms with Crippen molar-refractivity contribution in [3.05, 3.63) is 35.9 Å². The Morgan fingerprint density at radius 1 is 1.35 bits per heavy atom. The van der Waals surface area contributed by atoms with Crippen molar-refractivity contribution < 1.29 is 19.4 Å². The van der Waals surface area contributed by atoms with Gasteiger partial charge in [-0.05, 0) is 25.8 Å². The summed E-state index contributed by atoms with van der Waals surface area (Å²) in [5, 5.41) is 12.2. The van der Waals surface area contributed by atoms with E-state index in [1.165, 1.54) is 13.8 Å². The molecule has 0 aliphatic heterocycles. The molecule has 0 aliphatic carbocycles. The second-order valence-corrected chi connectivity index (χ2v) is 4.92. The first-order valence-electron chi connectivity index (χ1n) is 6.60. The Bertz CT molecular complexity index is 456. The first kappa shape index (κ1) is 16.2. The molecular weight excluding hydrogens is 258 g/mol. The van der Waals surface area contributed by atoms with Crippen LogP contribution in [-0.2, 0) is 20.9 Å². The smallest absolute Gasteiger partial charge is 0.328 e. The molecule has 2 atom stereocenters. The van der Waals surface area contributed by atoms with Crippen LogP contribution in [0.5, 0.6) is 0 Å². The number of carbonyl (C=O) groups is 2. The maximum Gasteiger partial charge on any atom is 0.328 e. The zero-order chi connectivity index (χ0) is 15.2. The van der Waals surface area contributed by atoms with Crippen molar-refractivity contribution in [2.45, 2.75) is 45.4 Å². The molecule has 0 saturated carbocycles. The number of esters is 1. The van der Waals surface area contributed by atoms with E-state index >= 15 is 0 Å². The van der Waals surface area contributed by atoms with Gasteiger partial charge in [0.15, 0.2) is 0 Å². The first-order valence-corrected chi connectivity index (χ1v) is 6.60. The molecule has 1 amide bonds. The lowest BCUT2D eigenvalue weighted by Gasteiger charge is -2.22. The van der Waals surface area contributed by atoms with E-state index in [1.807, 2.05) is 30.3 Å². The molecule has 1 rings (SSSR count). The maximum atomic E-state index is 11.7. The van der Waals surface area contributed by atoms with Gasteiger partial charge in [0.2, 0.25) is 0 Å². The lowest BCUT2D eigenvalue weighted by molar-refractivity contribution is -0.151. The number of benzene rings is 1. The van der Waals surface area contributed by atoms with Gasteiger partial charge in [0.25, 0.3) is 5.91 Å². The molecule has 0 heterocycles. The predicted octanol–water partition coefficient (Wildman–Crippen LogP) is 1.40. The first-order chi connectivity index (χ1) is 9.36. The van der Waals surface area contributed by atoms with Gasteiger partial charge in [-0.1, -0.05) is 37.3 Å². The molecule has 0 aliphatic rings. The molecule has 110 valence electrons. The third kappa shape index (κ3) is 4.66. The minimum Gasteiger partial charge on any atom is -0.459 e. The number of nitrogens with one attached hydrogen (secondary N) is 1.